The summed E-state index contributed by atoms with van der Waals surface area (Å²) in [5, 5.41) is 2.57. The maximum Gasteiger partial charge on any atom is 0.213 e. The maximum absolute atomic E-state index is 2.36. The topological polar surface area (TPSA) is 6.89 Å². The molecule has 0 bridgehead atoms. The van der Waals surface area contributed by atoms with E-state index in [1.165, 1.54) is 40.6 Å². The predicted octanol–water partition coefficient (Wildman–Crippen LogP) is 4.14. The van der Waals surface area contributed by atoms with Crippen molar-refractivity contribution in [3.05, 3.63) is 84.7 Å². The number of pyridine rings is 1. The molecule has 1 fully saturated rings. The average molecular weight is 328 g/mol. The van der Waals surface area contributed by atoms with Crippen LogP contribution in [0.5, 0.6) is 0 Å². The summed E-state index contributed by atoms with van der Waals surface area (Å²) in [7, 11) is 4.24. The number of hydrogen-bond donors (Lipinski definition) is 0. The molecule has 2 nitrogen and oxygen atoms in total. The Balaban J connectivity index is 1.82. The highest BCUT2D eigenvalue weighted by molar-refractivity contribution is 6.07. The average Bonchev–Trinajstić information content (AvgIpc) is 3.47. The molecule has 1 aliphatic rings. The van der Waals surface area contributed by atoms with Gasteiger partial charge in [-0.2, -0.15) is 4.57 Å². The lowest BCUT2D eigenvalue weighted by Crippen LogP contribution is -2.33. The monoisotopic (exact) mass is 328 g/mol. The van der Waals surface area contributed by atoms with Gasteiger partial charge < -0.3 is 0 Å². The zero-order valence-corrected chi connectivity index (χ0v) is 14.9. The van der Waals surface area contributed by atoms with Crippen LogP contribution in [0.25, 0.3) is 16.5 Å². The summed E-state index contributed by atoms with van der Waals surface area (Å²) in [5.74, 6) is 0.657. The van der Waals surface area contributed by atoms with Gasteiger partial charge in [0.1, 0.15) is 14.1 Å². The standard InChI is InChI=1S/C23H24N2/c1-24(2)22(19-9-4-3-5-10-19)16-23(20-12-13-20)25-15-14-18-8-6-7-11-21(18)17-25/h3-11,14-17,20H,12-13H2,1-2H3/q+2/b23-16+. The minimum atomic E-state index is 0.657. The summed E-state index contributed by atoms with van der Waals surface area (Å²) in [6.45, 7) is 0. The van der Waals surface area contributed by atoms with E-state index in [2.05, 4.69) is 102 Å². The molecule has 0 saturated heterocycles. The number of nitrogens with zero attached hydrogens (tertiary/aromatic N) is 2. The normalized spacial score (nSPS) is 14.6. The van der Waals surface area contributed by atoms with Gasteiger partial charge in [0.05, 0.1) is 6.08 Å². The SMILES string of the molecule is C[N+](C)=C(/C=C(\C1CC1)[n+]1ccc2ccccc2c1)c1ccccc1. The second-order valence-corrected chi connectivity index (χ2v) is 6.97. The zero-order valence-electron chi connectivity index (χ0n) is 14.9. The lowest BCUT2D eigenvalue weighted by atomic mass is 10.1. The maximum atomic E-state index is 2.36. The van der Waals surface area contributed by atoms with E-state index in [-0.39, 0.29) is 0 Å². The molecule has 0 radical (unpaired) electrons. The third-order valence-electron chi connectivity index (χ3n) is 4.82. The fraction of sp³-hybridized carbons (Fsp3) is 0.217. The Morgan fingerprint density at radius 3 is 2.28 bits per heavy atom. The smallest absolute Gasteiger partial charge is 0.213 e. The van der Waals surface area contributed by atoms with Crippen molar-refractivity contribution < 1.29 is 9.14 Å². The number of aromatic nitrogens is 1. The lowest BCUT2D eigenvalue weighted by Gasteiger charge is -2.04. The van der Waals surface area contributed by atoms with Crippen LogP contribution in [-0.4, -0.2) is 24.4 Å². The highest BCUT2D eigenvalue weighted by Crippen LogP contribution is 2.36. The van der Waals surface area contributed by atoms with Crippen LogP contribution in [0.1, 0.15) is 18.4 Å². The van der Waals surface area contributed by atoms with Crippen molar-refractivity contribution >= 4 is 22.2 Å². The molecule has 0 unspecified atom stereocenters. The number of hydrogen-bond acceptors (Lipinski definition) is 0. The molecule has 124 valence electrons. The summed E-state index contributed by atoms with van der Waals surface area (Å²) in [6.07, 6.45) is 9.38. The summed E-state index contributed by atoms with van der Waals surface area (Å²) in [5.41, 5.74) is 3.90. The molecule has 1 aromatic heterocycles. The van der Waals surface area contributed by atoms with E-state index in [4.69, 9.17) is 0 Å². The van der Waals surface area contributed by atoms with Crippen LogP contribution in [0.15, 0.2) is 79.1 Å². The minimum absolute atomic E-state index is 0.657. The summed E-state index contributed by atoms with van der Waals surface area (Å²) in [6, 6.07) is 21.4. The molecular formula is C23H24N2+2. The van der Waals surface area contributed by atoms with Gasteiger partial charge in [0.15, 0.2) is 18.1 Å². The molecule has 1 heterocycles. The first-order valence-electron chi connectivity index (χ1n) is 8.94. The van der Waals surface area contributed by atoms with Crippen LogP contribution in [0.2, 0.25) is 0 Å². The Labute approximate surface area is 149 Å². The zero-order chi connectivity index (χ0) is 17.2. The van der Waals surface area contributed by atoms with Crippen LogP contribution >= 0.6 is 0 Å². The van der Waals surface area contributed by atoms with E-state index in [1.807, 2.05) is 0 Å². The Morgan fingerprint density at radius 2 is 1.60 bits per heavy atom. The van der Waals surface area contributed by atoms with Crippen LogP contribution in [0, 0.1) is 5.92 Å². The van der Waals surface area contributed by atoms with E-state index in [1.54, 1.807) is 0 Å². The quantitative estimate of drug-likeness (QED) is 0.502. The van der Waals surface area contributed by atoms with E-state index in [0.29, 0.717) is 5.92 Å². The van der Waals surface area contributed by atoms with Gasteiger partial charge in [-0.25, -0.2) is 4.58 Å². The van der Waals surface area contributed by atoms with Crippen molar-refractivity contribution in [2.75, 3.05) is 14.1 Å². The van der Waals surface area contributed by atoms with E-state index >= 15 is 0 Å². The largest absolute Gasteiger partial charge is 0.235 e. The van der Waals surface area contributed by atoms with Gasteiger partial charge in [-0.05, 0) is 36.4 Å². The number of rotatable bonds is 4. The number of fused-ring (bicyclic) bond motifs is 1. The molecule has 0 N–H and O–H groups in total. The van der Waals surface area contributed by atoms with Crippen molar-refractivity contribution in [2.24, 2.45) is 5.92 Å². The summed E-state index contributed by atoms with van der Waals surface area (Å²) < 4.78 is 4.52. The molecule has 2 aromatic carbocycles. The van der Waals surface area contributed by atoms with Gasteiger partial charge in [0.2, 0.25) is 5.71 Å². The highest BCUT2D eigenvalue weighted by Gasteiger charge is 2.34. The molecular weight excluding hydrogens is 304 g/mol. The Kier molecular flexibility index (Phi) is 4.19. The van der Waals surface area contributed by atoms with Crippen LogP contribution < -0.4 is 4.57 Å². The molecule has 1 saturated carbocycles. The fourth-order valence-electron chi connectivity index (χ4n) is 3.30. The molecule has 0 atom stereocenters. The molecule has 2 heteroatoms. The molecule has 25 heavy (non-hydrogen) atoms. The van der Waals surface area contributed by atoms with Crippen molar-refractivity contribution in [3.8, 4) is 0 Å². The second-order valence-electron chi connectivity index (χ2n) is 6.97. The Hall–Kier alpha value is -2.74. The lowest BCUT2D eigenvalue weighted by molar-refractivity contribution is -0.583. The summed E-state index contributed by atoms with van der Waals surface area (Å²) in [4.78, 5) is 0. The first kappa shape index (κ1) is 15.8. The minimum Gasteiger partial charge on any atom is -0.235 e. The van der Waals surface area contributed by atoms with Crippen molar-refractivity contribution in [1.82, 2.24) is 0 Å². The third-order valence-corrected chi connectivity index (χ3v) is 4.82. The number of benzene rings is 2. The molecule has 3 aromatic rings. The van der Waals surface area contributed by atoms with Gasteiger partial charge in [-0.15, -0.1) is 0 Å². The molecule has 4 rings (SSSR count). The summed E-state index contributed by atoms with van der Waals surface area (Å²) >= 11 is 0. The van der Waals surface area contributed by atoms with Crippen molar-refractivity contribution in [3.63, 3.8) is 0 Å². The van der Waals surface area contributed by atoms with Gasteiger partial charge in [-0.3, -0.25) is 0 Å². The number of allylic oxidation sites excluding steroid dienone is 2. The van der Waals surface area contributed by atoms with E-state index in [0.717, 1.165) is 0 Å². The van der Waals surface area contributed by atoms with Crippen LogP contribution in [0.4, 0.5) is 0 Å². The fourth-order valence-corrected chi connectivity index (χ4v) is 3.30. The van der Waals surface area contributed by atoms with Gasteiger partial charge >= 0.3 is 0 Å². The van der Waals surface area contributed by atoms with Crippen LogP contribution in [-0.2, 0) is 0 Å². The third kappa shape index (κ3) is 3.39. The molecule has 1 aliphatic carbocycles. The highest BCUT2D eigenvalue weighted by atomic mass is 15.0. The first-order chi connectivity index (χ1) is 12.2. The van der Waals surface area contributed by atoms with Gasteiger partial charge in [-0.1, -0.05) is 36.4 Å². The van der Waals surface area contributed by atoms with E-state index < -0.39 is 0 Å². The Morgan fingerprint density at radius 1 is 0.920 bits per heavy atom. The van der Waals surface area contributed by atoms with Crippen LogP contribution in [0.3, 0.4) is 0 Å². The van der Waals surface area contributed by atoms with E-state index in [9.17, 15) is 0 Å². The Bertz CT molecular complexity index is 960. The van der Waals surface area contributed by atoms with Crippen molar-refractivity contribution in [2.45, 2.75) is 12.8 Å². The predicted molar refractivity (Wildman–Crippen MR) is 104 cm³/mol. The van der Waals surface area contributed by atoms with Crippen molar-refractivity contribution in [1.29, 1.82) is 0 Å². The first-order valence-corrected chi connectivity index (χ1v) is 8.94. The molecule has 0 aliphatic heterocycles. The van der Waals surface area contributed by atoms with Gasteiger partial charge in [0, 0.05) is 22.9 Å². The molecule has 0 amide bonds. The van der Waals surface area contributed by atoms with Gasteiger partial charge in [0.25, 0.3) is 0 Å². The molecule has 0 spiro atoms. The second kappa shape index (κ2) is 6.64.